The molecule has 0 aromatic carbocycles. The number of fused-ring (bicyclic) bond motifs is 2. The summed E-state index contributed by atoms with van der Waals surface area (Å²) >= 11 is 0. The lowest BCUT2D eigenvalue weighted by Crippen LogP contribution is -2.61. The lowest BCUT2D eigenvalue weighted by molar-refractivity contribution is -0.310. The number of hydrogen-bond acceptors (Lipinski definition) is 17. The Morgan fingerprint density at radius 2 is 1.28 bits per heavy atom. The van der Waals surface area contributed by atoms with Crippen LogP contribution in [0.1, 0.15) is 91.9 Å². The minimum atomic E-state index is -2.35. The zero-order valence-corrected chi connectivity index (χ0v) is 37.8. The van der Waals surface area contributed by atoms with E-state index in [4.69, 9.17) is 24.7 Å². The number of rotatable bonds is 3. The smallest absolute Gasteiger partial charge is 0.311 e. The van der Waals surface area contributed by atoms with Gasteiger partial charge in [-0.3, -0.25) is 9.59 Å². The maximum absolute atomic E-state index is 12.6. The Labute approximate surface area is 381 Å². The molecule has 0 amide bonds. The van der Waals surface area contributed by atoms with E-state index < -0.39 is 141 Å². The maximum Gasteiger partial charge on any atom is 0.311 e. The van der Waals surface area contributed by atoms with Crippen molar-refractivity contribution in [3.63, 3.8) is 0 Å². The van der Waals surface area contributed by atoms with Crippen molar-refractivity contribution in [2.75, 3.05) is 0 Å². The molecule has 3 rings (SSSR count). The van der Waals surface area contributed by atoms with Gasteiger partial charge in [-0.1, -0.05) is 86.8 Å². The van der Waals surface area contributed by atoms with E-state index in [1.165, 1.54) is 13.0 Å². The van der Waals surface area contributed by atoms with E-state index in [2.05, 4.69) is 0 Å². The monoisotopic (exact) mass is 926 g/mol. The summed E-state index contributed by atoms with van der Waals surface area (Å²) in [7, 11) is 0. The molecule has 13 N–H and O–H groups in total. The van der Waals surface area contributed by atoms with E-state index in [0.29, 0.717) is 0 Å². The van der Waals surface area contributed by atoms with Crippen molar-refractivity contribution < 1.29 is 84.7 Å². The Kier molecular flexibility index (Phi) is 23.8. The summed E-state index contributed by atoms with van der Waals surface area (Å²) in [4.78, 5) is 25.1. The van der Waals surface area contributed by atoms with Gasteiger partial charge in [0, 0.05) is 31.1 Å². The Balaban J connectivity index is 1.84. The number of ether oxygens (including phenoxy) is 4. The summed E-state index contributed by atoms with van der Waals surface area (Å²) in [5.41, 5.74) is 6.02. The Morgan fingerprint density at radius 3 is 1.94 bits per heavy atom. The molecule has 0 aliphatic carbocycles. The molecule has 3 aliphatic rings. The summed E-state index contributed by atoms with van der Waals surface area (Å²) in [6.07, 6.45) is 2.28. The Morgan fingerprint density at radius 1 is 0.692 bits per heavy atom. The van der Waals surface area contributed by atoms with Gasteiger partial charge in [-0.2, -0.15) is 0 Å². The highest BCUT2D eigenvalue weighted by Crippen LogP contribution is 2.38. The third kappa shape index (κ3) is 18.8. The van der Waals surface area contributed by atoms with Crippen LogP contribution in [-0.4, -0.2) is 166 Å². The fourth-order valence-corrected chi connectivity index (χ4v) is 8.11. The molecule has 3 heterocycles. The van der Waals surface area contributed by atoms with Crippen LogP contribution in [0.5, 0.6) is 0 Å². The maximum atomic E-state index is 12.6. The first-order valence-electron chi connectivity index (χ1n) is 22.6. The molecule has 3 aliphatic heterocycles. The number of carbonyl (C=O) groups excluding carboxylic acids is 1. The zero-order valence-electron chi connectivity index (χ0n) is 37.8. The number of aliphatic hydroxyl groups is 10. The minimum absolute atomic E-state index is 0.138. The van der Waals surface area contributed by atoms with Crippen LogP contribution in [0.3, 0.4) is 0 Å². The molecule has 0 aromatic heterocycles. The van der Waals surface area contributed by atoms with Crippen LogP contribution in [-0.2, 0) is 28.5 Å². The van der Waals surface area contributed by atoms with Crippen LogP contribution < -0.4 is 5.73 Å². The number of hydrogen-bond donors (Lipinski definition) is 12. The van der Waals surface area contributed by atoms with Gasteiger partial charge in [0.2, 0.25) is 0 Å². The van der Waals surface area contributed by atoms with Gasteiger partial charge in [0.15, 0.2) is 12.1 Å². The topological polar surface area (TPSA) is 320 Å². The summed E-state index contributed by atoms with van der Waals surface area (Å²) in [6.45, 7) is 6.78. The summed E-state index contributed by atoms with van der Waals surface area (Å²) in [5, 5.41) is 118. The van der Waals surface area contributed by atoms with E-state index in [1.807, 2.05) is 49.5 Å². The summed E-state index contributed by atoms with van der Waals surface area (Å²) in [5.74, 6) is -6.82. The number of nitrogens with two attached hydrogens (primary N) is 1. The van der Waals surface area contributed by atoms with Crippen molar-refractivity contribution in [2.45, 2.75) is 189 Å². The molecular formula is C47H75NO17. The van der Waals surface area contributed by atoms with Crippen LogP contribution >= 0.6 is 0 Å². The lowest BCUT2D eigenvalue weighted by Gasteiger charge is -2.45. The molecule has 0 spiro atoms. The van der Waals surface area contributed by atoms with Gasteiger partial charge in [-0.05, 0) is 52.4 Å². The second kappa shape index (κ2) is 27.6. The SMILES string of the molecule is C[C@@H]1[C@H](O)[C@@H](C)/C=C/C=C\CC/C=C/C=C/C=C/C=C/C(O[C@H]2O[C@H](C)[C@@H](O)[C@H](N)[C@@H]2O)CC2O[C@](O)(CC(O)C(O)CCC(O)CC(O)CC(O)CC(=O)O[C@H]1C)CC(O)C2C(=O)O. The molecule has 9 unspecified atom stereocenters. The van der Waals surface area contributed by atoms with Crippen molar-refractivity contribution >= 4 is 11.9 Å². The predicted molar refractivity (Wildman–Crippen MR) is 237 cm³/mol. The van der Waals surface area contributed by atoms with Crippen molar-refractivity contribution in [3.05, 3.63) is 72.9 Å². The standard InChI is InChI=1S/C47H75NO17/c1-27-17-15-13-11-9-7-5-6-8-10-12-14-16-18-34(64-46-44(58)41(48)43(57)30(4)63-46)24-38-40(45(59)60)37(54)26-47(61,65-38)25-36(53)35(52)20-19-31(49)21-32(50)22-33(51)23-39(55)62-29(3)28(2)42(27)56/h5-6,8,10-18,27-38,40-44,46,49-54,56-58,61H,7,9,19-26,48H2,1-4H3,(H,59,60)/b6-5+,10-8+,13-11-,14-12+,17-15+,18-16+/t27-,28-,29-,30+,31?,32?,33?,34?,35?,36?,37?,38?,40?,41-,42+,43+,44-,46+,47+/m0/s1. The zero-order chi connectivity index (χ0) is 48.4. The summed E-state index contributed by atoms with van der Waals surface area (Å²) < 4.78 is 23.2. The number of carboxylic acid groups (broad SMARTS) is 1. The normalized spacial score (nSPS) is 45.2. The van der Waals surface area contributed by atoms with Gasteiger partial charge in [-0.15, -0.1) is 0 Å². The van der Waals surface area contributed by atoms with E-state index in [-0.39, 0.29) is 38.0 Å². The van der Waals surface area contributed by atoms with Gasteiger partial charge >= 0.3 is 11.9 Å². The second-order valence-electron chi connectivity index (χ2n) is 17.8. The largest absolute Gasteiger partial charge is 0.481 e. The van der Waals surface area contributed by atoms with Crippen LogP contribution in [0.2, 0.25) is 0 Å². The van der Waals surface area contributed by atoms with Crippen molar-refractivity contribution in [3.8, 4) is 0 Å². The van der Waals surface area contributed by atoms with E-state index in [0.717, 1.165) is 12.8 Å². The van der Waals surface area contributed by atoms with Crippen LogP contribution in [0.25, 0.3) is 0 Å². The molecule has 0 aromatic rings. The quantitative estimate of drug-likeness (QED) is 0.175. The molecule has 2 fully saturated rings. The molecule has 18 nitrogen and oxygen atoms in total. The lowest BCUT2D eigenvalue weighted by atomic mass is 9.82. The predicted octanol–water partition coefficient (Wildman–Crippen LogP) is 0.936. The third-order valence-corrected chi connectivity index (χ3v) is 12.2. The van der Waals surface area contributed by atoms with Gasteiger partial charge in [0.25, 0.3) is 0 Å². The molecular weight excluding hydrogens is 851 g/mol. The molecule has 2 saturated heterocycles. The first-order chi connectivity index (χ1) is 30.6. The van der Waals surface area contributed by atoms with E-state index >= 15 is 0 Å². The molecule has 19 atom stereocenters. The number of carbonyl (C=O) groups is 2. The van der Waals surface area contributed by atoms with Crippen LogP contribution in [0, 0.1) is 17.8 Å². The van der Waals surface area contributed by atoms with Crippen molar-refractivity contribution in [2.24, 2.45) is 23.5 Å². The fourth-order valence-electron chi connectivity index (χ4n) is 8.11. The highest BCUT2D eigenvalue weighted by Gasteiger charge is 2.51. The molecule has 0 saturated carbocycles. The third-order valence-electron chi connectivity index (χ3n) is 12.2. The van der Waals surface area contributed by atoms with Crippen molar-refractivity contribution in [1.29, 1.82) is 0 Å². The van der Waals surface area contributed by atoms with E-state index in [1.54, 1.807) is 38.2 Å². The number of carboxylic acids is 1. The first-order valence-corrected chi connectivity index (χ1v) is 22.6. The van der Waals surface area contributed by atoms with Gasteiger partial charge < -0.3 is 80.9 Å². The van der Waals surface area contributed by atoms with Crippen LogP contribution in [0.15, 0.2) is 72.9 Å². The van der Waals surface area contributed by atoms with Gasteiger partial charge in [-0.25, -0.2) is 0 Å². The molecule has 65 heavy (non-hydrogen) atoms. The molecule has 2 bridgehead atoms. The molecule has 370 valence electrons. The average Bonchev–Trinajstić information content (AvgIpc) is 3.21. The Bertz CT molecular complexity index is 1620. The number of aliphatic hydroxyl groups excluding tert-OH is 9. The summed E-state index contributed by atoms with van der Waals surface area (Å²) in [6, 6.07) is -1.14. The number of aliphatic carboxylic acids is 1. The Hall–Kier alpha value is -3.18. The number of allylic oxidation sites excluding steroid dienone is 10. The number of esters is 1. The van der Waals surface area contributed by atoms with E-state index in [9.17, 15) is 65.8 Å². The van der Waals surface area contributed by atoms with Gasteiger partial charge in [0.1, 0.15) is 18.1 Å². The molecule has 18 heteroatoms. The average molecular weight is 926 g/mol. The first kappa shape index (κ1) is 56.1. The van der Waals surface area contributed by atoms with Crippen molar-refractivity contribution in [1.82, 2.24) is 0 Å². The molecule has 0 radical (unpaired) electrons. The number of cyclic esters (lactones) is 1. The van der Waals surface area contributed by atoms with Gasteiger partial charge in [0.05, 0.1) is 79.6 Å². The minimum Gasteiger partial charge on any atom is -0.481 e. The highest BCUT2D eigenvalue weighted by molar-refractivity contribution is 5.71. The highest BCUT2D eigenvalue weighted by atomic mass is 16.7. The fraction of sp³-hybridized carbons (Fsp3) is 0.702. The second-order valence-corrected chi connectivity index (χ2v) is 17.8. The van der Waals surface area contributed by atoms with Crippen LogP contribution in [0.4, 0.5) is 0 Å².